The van der Waals surface area contributed by atoms with Crippen molar-refractivity contribution >= 4 is 5.69 Å². The lowest BCUT2D eigenvalue weighted by Crippen LogP contribution is -2.08. The van der Waals surface area contributed by atoms with E-state index in [4.69, 9.17) is 5.73 Å². The minimum Gasteiger partial charge on any atom is -0.378 e. The van der Waals surface area contributed by atoms with Crippen molar-refractivity contribution in [1.82, 2.24) is 0 Å². The van der Waals surface area contributed by atoms with Crippen LogP contribution in [0.2, 0.25) is 0 Å². The summed E-state index contributed by atoms with van der Waals surface area (Å²) in [6.45, 7) is 5.43. The standard InChI is InChI=1S/C14H22N2/c1-14(2)12(9-15)13(14)10-5-7-11(8-6-10)16(3)4/h5-8,12-13H,9,15H2,1-4H3/t12-,13-/m0/s1. The zero-order valence-electron chi connectivity index (χ0n) is 10.7. The second-order valence-electron chi connectivity index (χ2n) is 5.63. The molecule has 2 nitrogen and oxygen atoms in total. The van der Waals surface area contributed by atoms with Gasteiger partial charge < -0.3 is 10.6 Å². The van der Waals surface area contributed by atoms with E-state index in [-0.39, 0.29) is 0 Å². The number of anilines is 1. The maximum atomic E-state index is 5.81. The van der Waals surface area contributed by atoms with Crippen LogP contribution in [-0.4, -0.2) is 20.6 Å². The summed E-state index contributed by atoms with van der Waals surface area (Å²) in [5.74, 6) is 1.30. The molecule has 88 valence electrons. The quantitative estimate of drug-likeness (QED) is 0.844. The van der Waals surface area contributed by atoms with Gasteiger partial charge in [-0.2, -0.15) is 0 Å². The van der Waals surface area contributed by atoms with E-state index in [0.717, 1.165) is 6.54 Å². The molecular formula is C14H22N2. The lowest BCUT2D eigenvalue weighted by molar-refractivity contribution is 0.558. The van der Waals surface area contributed by atoms with E-state index in [2.05, 4.69) is 57.1 Å². The van der Waals surface area contributed by atoms with Crippen LogP contribution in [0, 0.1) is 11.3 Å². The highest BCUT2D eigenvalue weighted by molar-refractivity contribution is 5.48. The fourth-order valence-electron chi connectivity index (χ4n) is 2.83. The maximum Gasteiger partial charge on any atom is 0.0361 e. The Morgan fingerprint density at radius 1 is 1.19 bits per heavy atom. The fraction of sp³-hybridized carbons (Fsp3) is 0.571. The second kappa shape index (κ2) is 3.77. The molecular weight excluding hydrogens is 196 g/mol. The van der Waals surface area contributed by atoms with Crippen LogP contribution >= 0.6 is 0 Å². The highest BCUT2D eigenvalue weighted by Crippen LogP contribution is 2.63. The van der Waals surface area contributed by atoms with Gasteiger partial charge in [0.2, 0.25) is 0 Å². The summed E-state index contributed by atoms with van der Waals surface area (Å²) >= 11 is 0. The van der Waals surface area contributed by atoms with Gasteiger partial charge in [0.05, 0.1) is 0 Å². The first-order chi connectivity index (χ1) is 7.48. The molecule has 0 radical (unpaired) electrons. The van der Waals surface area contributed by atoms with E-state index in [0.29, 0.717) is 17.3 Å². The summed E-state index contributed by atoms with van der Waals surface area (Å²) in [6, 6.07) is 8.88. The predicted octanol–water partition coefficient (Wildman–Crippen LogP) is 2.45. The van der Waals surface area contributed by atoms with Gasteiger partial charge in [0.25, 0.3) is 0 Å². The molecule has 1 aliphatic carbocycles. The molecule has 1 aromatic carbocycles. The molecule has 0 spiro atoms. The Balaban J connectivity index is 2.18. The van der Waals surface area contributed by atoms with Gasteiger partial charge in [-0.05, 0) is 41.5 Å². The highest BCUT2D eigenvalue weighted by atomic mass is 15.1. The van der Waals surface area contributed by atoms with Crippen LogP contribution in [0.3, 0.4) is 0 Å². The number of nitrogens with zero attached hydrogens (tertiary/aromatic N) is 1. The molecule has 0 unspecified atom stereocenters. The Kier molecular flexibility index (Phi) is 2.70. The first-order valence-corrected chi connectivity index (χ1v) is 5.96. The Labute approximate surface area is 98.4 Å². The lowest BCUT2D eigenvalue weighted by atomic mass is 10.0. The molecule has 2 N–H and O–H groups in total. The molecule has 2 rings (SSSR count). The average Bonchev–Trinajstić information content (AvgIpc) is 2.80. The van der Waals surface area contributed by atoms with Gasteiger partial charge in [-0.15, -0.1) is 0 Å². The van der Waals surface area contributed by atoms with Crippen LogP contribution in [-0.2, 0) is 0 Å². The SMILES string of the molecule is CN(C)c1ccc([C@H]2[C@H](CN)C2(C)C)cc1. The molecule has 1 fully saturated rings. The molecule has 0 amide bonds. The molecule has 0 heterocycles. The van der Waals surface area contributed by atoms with Crippen LogP contribution in [0.5, 0.6) is 0 Å². The summed E-state index contributed by atoms with van der Waals surface area (Å²) in [4.78, 5) is 2.13. The van der Waals surface area contributed by atoms with Crippen molar-refractivity contribution in [3.63, 3.8) is 0 Å². The molecule has 0 bridgehead atoms. The van der Waals surface area contributed by atoms with Crippen molar-refractivity contribution in [2.24, 2.45) is 17.1 Å². The Morgan fingerprint density at radius 3 is 2.12 bits per heavy atom. The van der Waals surface area contributed by atoms with E-state index in [9.17, 15) is 0 Å². The molecule has 1 saturated carbocycles. The van der Waals surface area contributed by atoms with E-state index >= 15 is 0 Å². The molecule has 1 aliphatic rings. The monoisotopic (exact) mass is 218 g/mol. The fourth-order valence-corrected chi connectivity index (χ4v) is 2.83. The third-order valence-electron chi connectivity index (χ3n) is 4.07. The first kappa shape index (κ1) is 11.5. The van der Waals surface area contributed by atoms with Gasteiger partial charge in [-0.1, -0.05) is 26.0 Å². The van der Waals surface area contributed by atoms with E-state index in [1.54, 1.807) is 0 Å². The molecule has 0 aromatic heterocycles. The number of rotatable bonds is 3. The summed E-state index contributed by atoms with van der Waals surface area (Å²) in [6.07, 6.45) is 0. The topological polar surface area (TPSA) is 29.3 Å². The number of hydrogen-bond acceptors (Lipinski definition) is 2. The minimum atomic E-state index is 0.383. The van der Waals surface area contributed by atoms with Crippen molar-refractivity contribution in [3.8, 4) is 0 Å². The minimum absolute atomic E-state index is 0.383. The third kappa shape index (κ3) is 1.71. The van der Waals surface area contributed by atoms with Gasteiger partial charge in [-0.25, -0.2) is 0 Å². The smallest absolute Gasteiger partial charge is 0.0361 e. The zero-order chi connectivity index (χ0) is 11.9. The Morgan fingerprint density at radius 2 is 1.75 bits per heavy atom. The molecule has 0 aliphatic heterocycles. The zero-order valence-corrected chi connectivity index (χ0v) is 10.7. The van der Waals surface area contributed by atoms with Crippen molar-refractivity contribution in [1.29, 1.82) is 0 Å². The van der Waals surface area contributed by atoms with Gasteiger partial charge in [-0.3, -0.25) is 0 Å². The first-order valence-electron chi connectivity index (χ1n) is 5.96. The maximum absolute atomic E-state index is 5.81. The molecule has 16 heavy (non-hydrogen) atoms. The van der Waals surface area contributed by atoms with Crippen LogP contribution in [0.25, 0.3) is 0 Å². The molecule has 2 heteroatoms. The predicted molar refractivity (Wildman–Crippen MR) is 69.8 cm³/mol. The van der Waals surface area contributed by atoms with Gasteiger partial charge in [0.15, 0.2) is 0 Å². The Bertz CT molecular complexity index is 365. The van der Waals surface area contributed by atoms with Crippen molar-refractivity contribution in [3.05, 3.63) is 29.8 Å². The summed E-state index contributed by atoms with van der Waals surface area (Å²) < 4.78 is 0. The normalized spacial score (nSPS) is 26.6. The highest BCUT2D eigenvalue weighted by Gasteiger charge is 2.56. The lowest BCUT2D eigenvalue weighted by Gasteiger charge is -2.13. The van der Waals surface area contributed by atoms with E-state index < -0.39 is 0 Å². The van der Waals surface area contributed by atoms with Crippen LogP contribution < -0.4 is 10.6 Å². The van der Waals surface area contributed by atoms with E-state index in [1.807, 2.05) is 0 Å². The van der Waals surface area contributed by atoms with Crippen molar-refractivity contribution in [2.75, 3.05) is 25.5 Å². The van der Waals surface area contributed by atoms with Crippen molar-refractivity contribution in [2.45, 2.75) is 19.8 Å². The number of hydrogen-bond donors (Lipinski definition) is 1. The van der Waals surface area contributed by atoms with E-state index in [1.165, 1.54) is 11.3 Å². The van der Waals surface area contributed by atoms with Gasteiger partial charge in [0, 0.05) is 19.8 Å². The summed E-state index contributed by atoms with van der Waals surface area (Å²) in [7, 11) is 4.14. The largest absolute Gasteiger partial charge is 0.378 e. The molecule has 2 atom stereocenters. The van der Waals surface area contributed by atoms with Gasteiger partial charge in [0.1, 0.15) is 0 Å². The van der Waals surface area contributed by atoms with Crippen LogP contribution in [0.15, 0.2) is 24.3 Å². The van der Waals surface area contributed by atoms with Gasteiger partial charge >= 0.3 is 0 Å². The second-order valence-corrected chi connectivity index (χ2v) is 5.63. The average molecular weight is 218 g/mol. The van der Waals surface area contributed by atoms with Crippen molar-refractivity contribution < 1.29 is 0 Å². The van der Waals surface area contributed by atoms with Crippen LogP contribution in [0.1, 0.15) is 25.3 Å². The number of benzene rings is 1. The molecule has 0 saturated heterocycles. The summed E-state index contributed by atoms with van der Waals surface area (Å²) in [5.41, 5.74) is 8.88. The Hall–Kier alpha value is -1.02. The van der Waals surface area contributed by atoms with Crippen LogP contribution in [0.4, 0.5) is 5.69 Å². The number of nitrogens with two attached hydrogens (primary N) is 1. The third-order valence-corrected chi connectivity index (χ3v) is 4.07. The molecule has 1 aromatic rings. The summed E-state index contributed by atoms with van der Waals surface area (Å²) in [5, 5.41) is 0.